The highest BCUT2D eigenvalue weighted by atomic mass is 32.2. The number of rotatable bonds is 5. The van der Waals surface area contributed by atoms with Crippen molar-refractivity contribution in [2.24, 2.45) is 0 Å². The molecule has 0 N–H and O–H groups in total. The molecule has 0 saturated carbocycles. The van der Waals surface area contributed by atoms with Crippen LogP contribution >= 0.6 is 11.8 Å². The highest BCUT2D eigenvalue weighted by Crippen LogP contribution is 2.07. The number of piperazine rings is 1. The second-order valence-electron chi connectivity index (χ2n) is 5.39. The van der Waals surface area contributed by atoms with Crippen molar-refractivity contribution >= 4 is 23.6 Å². The lowest BCUT2D eigenvalue weighted by Crippen LogP contribution is -2.53. The van der Waals surface area contributed by atoms with Crippen LogP contribution in [0.3, 0.4) is 0 Å². The summed E-state index contributed by atoms with van der Waals surface area (Å²) in [6.45, 7) is 6.23. The molecule has 120 valence electrons. The summed E-state index contributed by atoms with van der Waals surface area (Å²) in [7, 11) is 0. The molecule has 0 aromatic carbocycles. The first kappa shape index (κ1) is 16.6. The third-order valence-electron chi connectivity index (χ3n) is 3.97. The van der Waals surface area contributed by atoms with Crippen LogP contribution in [-0.4, -0.2) is 97.5 Å². The van der Waals surface area contributed by atoms with Crippen LogP contribution in [0.5, 0.6) is 0 Å². The maximum atomic E-state index is 12.3. The van der Waals surface area contributed by atoms with Gasteiger partial charge in [-0.25, -0.2) is 0 Å². The van der Waals surface area contributed by atoms with Crippen LogP contribution in [0.4, 0.5) is 0 Å². The van der Waals surface area contributed by atoms with Crippen molar-refractivity contribution < 1.29 is 14.3 Å². The second kappa shape index (κ2) is 8.60. The molecule has 2 aliphatic rings. The zero-order valence-corrected chi connectivity index (χ0v) is 13.6. The fraction of sp³-hybridized carbons (Fsp3) is 0.857. The fourth-order valence-corrected chi connectivity index (χ4v) is 2.98. The number of nitrogens with zero attached hydrogens (tertiary/aromatic N) is 3. The molecule has 0 atom stereocenters. The zero-order valence-electron chi connectivity index (χ0n) is 12.8. The third-order valence-corrected chi connectivity index (χ3v) is 4.58. The Morgan fingerprint density at radius 3 is 2.10 bits per heavy atom. The maximum absolute atomic E-state index is 12.3. The van der Waals surface area contributed by atoms with Crippen LogP contribution < -0.4 is 0 Å². The number of morpholine rings is 1. The Hall–Kier alpha value is -0.790. The molecule has 2 amide bonds. The van der Waals surface area contributed by atoms with E-state index in [1.807, 2.05) is 16.1 Å². The van der Waals surface area contributed by atoms with Crippen molar-refractivity contribution in [1.29, 1.82) is 0 Å². The largest absolute Gasteiger partial charge is 0.379 e. The molecule has 0 bridgehead atoms. The van der Waals surface area contributed by atoms with Gasteiger partial charge in [-0.2, -0.15) is 11.8 Å². The number of thioether (sulfide) groups is 1. The van der Waals surface area contributed by atoms with Crippen molar-refractivity contribution in [3.63, 3.8) is 0 Å². The van der Waals surface area contributed by atoms with E-state index in [2.05, 4.69) is 4.90 Å². The number of carbonyl (C=O) groups excluding carboxylic acids is 2. The van der Waals surface area contributed by atoms with E-state index in [-0.39, 0.29) is 11.8 Å². The van der Waals surface area contributed by atoms with Gasteiger partial charge in [-0.1, -0.05) is 0 Å². The van der Waals surface area contributed by atoms with Crippen molar-refractivity contribution in [2.45, 2.75) is 6.42 Å². The molecule has 2 saturated heterocycles. The van der Waals surface area contributed by atoms with Crippen LogP contribution in [0.2, 0.25) is 0 Å². The van der Waals surface area contributed by atoms with Crippen LogP contribution in [-0.2, 0) is 14.3 Å². The van der Waals surface area contributed by atoms with Crippen LogP contribution in [0, 0.1) is 0 Å². The lowest BCUT2D eigenvalue weighted by molar-refractivity contribution is -0.140. The Bertz CT molecular complexity index is 353. The highest BCUT2D eigenvalue weighted by Gasteiger charge is 2.25. The predicted molar refractivity (Wildman–Crippen MR) is 83.4 cm³/mol. The van der Waals surface area contributed by atoms with E-state index in [4.69, 9.17) is 4.74 Å². The first-order valence-electron chi connectivity index (χ1n) is 7.55. The Morgan fingerprint density at radius 1 is 0.952 bits per heavy atom. The summed E-state index contributed by atoms with van der Waals surface area (Å²) < 4.78 is 5.29. The van der Waals surface area contributed by atoms with Crippen molar-refractivity contribution in [3.05, 3.63) is 0 Å². The number of amides is 2. The quantitative estimate of drug-likeness (QED) is 0.700. The molecule has 2 rings (SSSR count). The summed E-state index contributed by atoms with van der Waals surface area (Å²) >= 11 is 1.69. The van der Waals surface area contributed by atoms with E-state index >= 15 is 0 Å². The highest BCUT2D eigenvalue weighted by molar-refractivity contribution is 7.98. The lowest BCUT2D eigenvalue weighted by Gasteiger charge is -2.36. The van der Waals surface area contributed by atoms with Gasteiger partial charge in [0.15, 0.2) is 0 Å². The van der Waals surface area contributed by atoms with Crippen LogP contribution in [0.25, 0.3) is 0 Å². The van der Waals surface area contributed by atoms with Gasteiger partial charge in [0.2, 0.25) is 11.8 Å². The average molecular weight is 315 g/mol. The minimum absolute atomic E-state index is 0.174. The second-order valence-corrected chi connectivity index (χ2v) is 6.38. The normalized spacial score (nSPS) is 20.6. The van der Waals surface area contributed by atoms with Gasteiger partial charge in [0.25, 0.3) is 0 Å². The fourth-order valence-electron chi connectivity index (χ4n) is 2.60. The summed E-state index contributed by atoms with van der Waals surface area (Å²) in [5.41, 5.74) is 0. The number of carbonyl (C=O) groups is 2. The Morgan fingerprint density at radius 2 is 1.52 bits per heavy atom. The minimum Gasteiger partial charge on any atom is -0.379 e. The van der Waals surface area contributed by atoms with E-state index in [0.717, 1.165) is 18.8 Å². The first-order chi connectivity index (χ1) is 10.2. The minimum atomic E-state index is 0.174. The summed E-state index contributed by atoms with van der Waals surface area (Å²) in [5, 5.41) is 0. The molecule has 2 fully saturated rings. The first-order valence-corrected chi connectivity index (χ1v) is 8.94. The van der Waals surface area contributed by atoms with Gasteiger partial charge in [-0.15, -0.1) is 0 Å². The summed E-state index contributed by atoms with van der Waals surface area (Å²) in [5.74, 6) is 1.26. The average Bonchev–Trinajstić information content (AvgIpc) is 2.53. The van der Waals surface area contributed by atoms with Crippen molar-refractivity contribution in [2.75, 3.05) is 71.0 Å². The molecule has 0 radical (unpaired) electrons. The molecule has 2 aliphatic heterocycles. The molecule has 0 aliphatic carbocycles. The third kappa shape index (κ3) is 5.16. The lowest BCUT2D eigenvalue weighted by atomic mass is 10.2. The molecule has 2 heterocycles. The van der Waals surface area contributed by atoms with E-state index in [1.165, 1.54) is 0 Å². The molecule has 0 unspecified atom stereocenters. The Balaban J connectivity index is 1.70. The zero-order chi connectivity index (χ0) is 15.1. The summed E-state index contributed by atoms with van der Waals surface area (Å²) in [6, 6.07) is 0. The molecule has 0 aromatic rings. The Labute approximate surface area is 130 Å². The summed E-state index contributed by atoms with van der Waals surface area (Å²) in [6.07, 6.45) is 2.61. The predicted octanol–water partition coefficient (Wildman–Crippen LogP) is -0.257. The molecule has 21 heavy (non-hydrogen) atoms. The van der Waals surface area contributed by atoms with Gasteiger partial charge >= 0.3 is 0 Å². The number of hydrogen-bond acceptors (Lipinski definition) is 5. The number of ether oxygens (including phenoxy) is 1. The monoisotopic (exact) mass is 315 g/mol. The number of hydrogen-bond donors (Lipinski definition) is 0. The Kier molecular flexibility index (Phi) is 6.79. The van der Waals surface area contributed by atoms with Gasteiger partial charge in [0, 0.05) is 51.4 Å². The summed E-state index contributed by atoms with van der Waals surface area (Å²) in [4.78, 5) is 30.1. The molecule has 0 spiro atoms. The van der Waals surface area contributed by atoms with E-state index in [1.54, 1.807) is 11.8 Å². The van der Waals surface area contributed by atoms with Crippen molar-refractivity contribution in [1.82, 2.24) is 14.7 Å². The van der Waals surface area contributed by atoms with E-state index < -0.39 is 0 Å². The standard InChI is InChI=1S/C14H25N3O3S/c1-21-11-2-13(18)16-3-5-17(6-4-16)14(19)12-15-7-9-20-10-8-15/h2-12H2,1H3. The molecular formula is C14H25N3O3S. The SMILES string of the molecule is CSCCC(=O)N1CCN(C(=O)CN2CCOCC2)CC1. The van der Waals surface area contributed by atoms with Gasteiger partial charge in [0.05, 0.1) is 19.8 Å². The van der Waals surface area contributed by atoms with Gasteiger partial charge in [-0.05, 0) is 6.26 Å². The van der Waals surface area contributed by atoms with E-state index in [0.29, 0.717) is 52.4 Å². The van der Waals surface area contributed by atoms with Crippen LogP contribution in [0.1, 0.15) is 6.42 Å². The van der Waals surface area contributed by atoms with Gasteiger partial charge < -0.3 is 14.5 Å². The van der Waals surface area contributed by atoms with Crippen molar-refractivity contribution in [3.8, 4) is 0 Å². The van der Waals surface area contributed by atoms with E-state index in [9.17, 15) is 9.59 Å². The van der Waals surface area contributed by atoms with Gasteiger partial charge in [0.1, 0.15) is 0 Å². The molecule has 0 aromatic heterocycles. The van der Waals surface area contributed by atoms with Gasteiger partial charge in [-0.3, -0.25) is 14.5 Å². The topological polar surface area (TPSA) is 53.1 Å². The maximum Gasteiger partial charge on any atom is 0.236 e. The van der Waals surface area contributed by atoms with Crippen LogP contribution in [0.15, 0.2) is 0 Å². The smallest absolute Gasteiger partial charge is 0.236 e. The molecule has 6 nitrogen and oxygen atoms in total. The molecular weight excluding hydrogens is 290 g/mol. The molecule has 7 heteroatoms.